The minimum absolute atomic E-state index is 0. The number of piperidine rings is 2. The van der Waals surface area contributed by atoms with Crippen LogP contribution in [0.2, 0.25) is 0 Å². The number of halogens is 1. The molecule has 0 unspecified atom stereocenters. The van der Waals surface area contributed by atoms with E-state index in [9.17, 15) is 13.2 Å². The smallest absolute Gasteiger partial charge is 0.242 e. The number of hydrogen-bond acceptors (Lipinski definition) is 4. The molecule has 1 aromatic rings. The average molecular weight is 402 g/mol. The lowest BCUT2D eigenvalue weighted by Gasteiger charge is -2.45. The number of carbonyl (C=O) groups is 1. The molecule has 0 saturated carbocycles. The van der Waals surface area contributed by atoms with Gasteiger partial charge in [-0.2, -0.15) is 0 Å². The Hall–Kier alpha value is -1.15. The van der Waals surface area contributed by atoms with Crippen molar-refractivity contribution in [2.24, 2.45) is 5.41 Å². The van der Waals surface area contributed by atoms with Gasteiger partial charge in [-0.15, -0.1) is 12.4 Å². The van der Waals surface area contributed by atoms with Gasteiger partial charge in [0.25, 0.3) is 0 Å². The van der Waals surface area contributed by atoms with Crippen LogP contribution in [0.5, 0.6) is 0 Å². The molecule has 0 bridgehead atoms. The van der Waals surface area contributed by atoms with E-state index >= 15 is 0 Å². The van der Waals surface area contributed by atoms with Crippen LogP contribution in [-0.2, 0) is 21.4 Å². The molecule has 2 aliphatic heterocycles. The van der Waals surface area contributed by atoms with Crippen molar-refractivity contribution in [2.45, 2.75) is 37.1 Å². The molecule has 26 heavy (non-hydrogen) atoms. The van der Waals surface area contributed by atoms with Crippen molar-refractivity contribution in [3.63, 3.8) is 0 Å². The van der Waals surface area contributed by atoms with Crippen LogP contribution in [0.1, 0.15) is 31.2 Å². The van der Waals surface area contributed by atoms with Crippen LogP contribution in [-0.4, -0.2) is 57.3 Å². The molecule has 2 aliphatic rings. The van der Waals surface area contributed by atoms with Crippen LogP contribution in [0, 0.1) is 5.41 Å². The first kappa shape index (κ1) is 21.2. The Morgan fingerprint density at radius 1 is 1.12 bits per heavy atom. The highest BCUT2D eigenvalue weighted by Gasteiger charge is 2.39. The summed E-state index contributed by atoms with van der Waals surface area (Å²) in [4.78, 5) is 14.6. The molecule has 2 heterocycles. The van der Waals surface area contributed by atoms with Crippen molar-refractivity contribution in [1.82, 2.24) is 14.5 Å². The molecule has 0 aromatic heterocycles. The fraction of sp³-hybridized carbons (Fsp3) is 0.611. The van der Waals surface area contributed by atoms with Gasteiger partial charge < -0.3 is 10.2 Å². The summed E-state index contributed by atoms with van der Waals surface area (Å²) in [6, 6.07) is 6.87. The van der Waals surface area contributed by atoms with Crippen molar-refractivity contribution in [2.75, 3.05) is 33.7 Å². The molecule has 6 nitrogen and oxygen atoms in total. The summed E-state index contributed by atoms with van der Waals surface area (Å²) >= 11 is 0. The molecule has 1 amide bonds. The highest BCUT2D eigenvalue weighted by Crippen LogP contribution is 2.38. The van der Waals surface area contributed by atoms with E-state index in [0.717, 1.165) is 44.5 Å². The Kier molecular flexibility index (Phi) is 6.71. The zero-order chi connectivity index (χ0) is 18.1. The summed E-state index contributed by atoms with van der Waals surface area (Å²) in [5, 5.41) is 3.40. The second-order valence-corrected chi connectivity index (χ2v) is 9.58. The van der Waals surface area contributed by atoms with Gasteiger partial charge in [0.05, 0.1) is 4.90 Å². The number of amides is 1. The van der Waals surface area contributed by atoms with Crippen LogP contribution in [0.15, 0.2) is 29.2 Å². The second-order valence-electron chi connectivity index (χ2n) is 7.43. The van der Waals surface area contributed by atoms with Crippen LogP contribution in [0.4, 0.5) is 0 Å². The van der Waals surface area contributed by atoms with E-state index in [2.05, 4.69) is 5.32 Å². The molecule has 2 fully saturated rings. The van der Waals surface area contributed by atoms with Crippen molar-refractivity contribution >= 4 is 28.3 Å². The van der Waals surface area contributed by atoms with Crippen molar-refractivity contribution in [3.8, 4) is 0 Å². The van der Waals surface area contributed by atoms with E-state index in [1.807, 2.05) is 17.0 Å². The summed E-state index contributed by atoms with van der Waals surface area (Å²) in [5.41, 5.74) is 1.23. The molecule has 3 rings (SSSR count). The minimum atomic E-state index is -3.41. The van der Waals surface area contributed by atoms with E-state index in [1.54, 1.807) is 12.1 Å². The highest BCUT2D eigenvalue weighted by molar-refractivity contribution is 7.89. The van der Waals surface area contributed by atoms with Gasteiger partial charge in [0, 0.05) is 33.6 Å². The first-order valence-corrected chi connectivity index (χ1v) is 10.3. The van der Waals surface area contributed by atoms with Gasteiger partial charge in [0.2, 0.25) is 15.9 Å². The van der Waals surface area contributed by atoms with Gasteiger partial charge in [-0.1, -0.05) is 12.1 Å². The Bertz CT molecular complexity index is 729. The minimum Gasteiger partial charge on any atom is -0.338 e. The molecular weight excluding hydrogens is 374 g/mol. The summed E-state index contributed by atoms with van der Waals surface area (Å²) in [5.74, 6) is 0.203. The Labute approximate surface area is 162 Å². The van der Waals surface area contributed by atoms with Gasteiger partial charge >= 0.3 is 0 Å². The lowest BCUT2D eigenvalue weighted by Crippen LogP contribution is -2.50. The van der Waals surface area contributed by atoms with E-state index in [0.29, 0.717) is 13.0 Å². The number of nitrogens with zero attached hydrogens (tertiary/aromatic N) is 2. The fourth-order valence-corrected chi connectivity index (χ4v) is 4.71. The van der Waals surface area contributed by atoms with Crippen LogP contribution >= 0.6 is 12.4 Å². The molecule has 8 heteroatoms. The molecule has 2 saturated heterocycles. The van der Waals surface area contributed by atoms with Gasteiger partial charge in [-0.3, -0.25) is 4.79 Å². The Morgan fingerprint density at radius 2 is 1.73 bits per heavy atom. The van der Waals surface area contributed by atoms with E-state index in [1.165, 1.54) is 18.4 Å². The Balaban J connectivity index is 0.00000243. The largest absolute Gasteiger partial charge is 0.338 e. The van der Waals surface area contributed by atoms with Crippen molar-refractivity contribution in [3.05, 3.63) is 29.8 Å². The van der Waals surface area contributed by atoms with Gasteiger partial charge in [-0.05, 0) is 55.5 Å². The maximum atomic E-state index is 12.3. The molecule has 0 atom stereocenters. The number of rotatable bonds is 4. The van der Waals surface area contributed by atoms with Gasteiger partial charge in [0.15, 0.2) is 0 Å². The molecule has 1 spiro atoms. The van der Waals surface area contributed by atoms with Crippen LogP contribution in [0.3, 0.4) is 0 Å². The lowest BCUT2D eigenvalue weighted by atomic mass is 9.72. The predicted molar refractivity (Wildman–Crippen MR) is 104 cm³/mol. The molecule has 0 radical (unpaired) electrons. The number of sulfonamides is 1. The first-order valence-electron chi connectivity index (χ1n) is 8.82. The SMILES string of the molecule is CN(C)S(=O)(=O)c1ccc(CN2CC3(CCNCC3)CCC2=O)cc1.Cl. The number of hydrogen-bond donors (Lipinski definition) is 1. The molecule has 1 aromatic carbocycles. The fourth-order valence-electron chi connectivity index (χ4n) is 3.81. The van der Waals surface area contributed by atoms with E-state index < -0.39 is 10.0 Å². The average Bonchev–Trinajstić information content (AvgIpc) is 2.59. The summed E-state index contributed by atoms with van der Waals surface area (Å²) in [6.07, 6.45) is 3.85. The maximum absolute atomic E-state index is 12.3. The lowest BCUT2D eigenvalue weighted by molar-refractivity contribution is -0.139. The Morgan fingerprint density at radius 3 is 2.31 bits per heavy atom. The number of benzene rings is 1. The third-order valence-electron chi connectivity index (χ3n) is 5.49. The van der Waals surface area contributed by atoms with E-state index in [4.69, 9.17) is 0 Å². The molecule has 146 valence electrons. The van der Waals surface area contributed by atoms with Crippen molar-refractivity contribution in [1.29, 1.82) is 0 Å². The second kappa shape index (κ2) is 8.25. The van der Waals surface area contributed by atoms with Gasteiger partial charge in [-0.25, -0.2) is 12.7 Å². The van der Waals surface area contributed by atoms with Gasteiger partial charge in [0.1, 0.15) is 0 Å². The summed E-state index contributed by atoms with van der Waals surface area (Å²) in [7, 11) is -0.370. The highest BCUT2D eigenvalue weighted by atomic mass is 35.5. The number of nitrogens with one attached hydrogen (secondary N) is 1. The first-order chi connectivity index (χ1) is 11.8. The third-order valence-corrected chi connectivity index (χ3v) is 7.32. The normalized spacial score (nSPS) is 20.3. The quantitative estimate of drug-likeness (QED) is 0.835. The van der Waals surface area contributed by atoms with E-state index in [-0.39, 0.29) is 28.6 Å². The maximum Gasteiger partial charge on any atom is 0.242 e. The number of carbonyl (C=O) groups excluding carboxylic acids is 1. The predicted octanol–water partition coefficient (Wildman–Crippen LogP) is 1.85. The zero-order valence-corrected chi connectivity index (χ0v) is 17.0. The summed E-state index contributed by atoms with van der Waals surface area (Å²) < 4.78 is 25.5. The van der Waals surface area contributed by atoms with Crippen LogP contribution in [0.25, 0.3) is 0 Å². The molecule has 0 aliphatic carbocycles. The van der Waals surface area contributed by atoms with Crippen LogP contribution < -0.4 is 5.32 Å². The van der Waals surface area contributed by atoms with Crippen molar-refractivity contribution < 1.29 is 13.2 Å². The monoisotopic (exact) mass is 401 g/mol. The third kappa shape index (κ3) is 4.39. The standard InChI is InChI=1S/C18H27N3O3S.ClH/c1-20(2)25(23,24)16-5-3-15(4-6-16)13-21-14-18(8-7-17(21)22)9-11-19-12-10-18;/h3-6,19H,7-14H2,1-2H3;1H. The summed E-state index contributed by atoms with van der Waals surface area (Å²) in [6.45, 7) is 3.42. The topological polar surface area (TPSA) is 69.7 Å². The zero-order valence-electron chi connectivity index (χ0n) is 15.4. The number of likely N-dealkylation sites (tertiary alicyclic amines) is 1. The molecular formula is C18H28ClN3O3S. The molecule has 1 N–H and O–H groups in total.